The SMILES string of the molecule is CN(NC(=O)CC(F)(F)F)c1cccc(C2=NOC(c3cc(Cl)cc(Cl)c3)(C(F)(F)F)C2)c1. The van der Waals surface area contributed by atoms with Crippen molar-refractivity contribution >= 4 is 40.5 Å². The summed E-state index contributed by atoms with van der Waals surface area (Å²) in [5.74, 6) is -1.30. The lowest BCUT2D eigenvalue weighted by Gasteiger charge is -2.29. The van der Waals surface area contributed by atoms with Gasteiger partial charge < -0.3 is 4.84 Å². The second-order valence-electron chi connectivity index (χ2n) is 7.23. The van der Waals surface area contributed by atoms with Gasteiger partial charge in [0.2, 0.25) is 5.91 Å². The predicted molar refractivity (Wildman–Crippen MR) is 110 cm³/mol. The molecule has 0 saturated carbocycles. The highest BCUT2D eigenvalue weighted by Crippen LogP contribution is 2.49. The summed E-state index contributed by atoms with van der Waals surface area (Å²) in [4.78, 5) is 16.5. The molecule has 0 aliphatic carbocycles. The van der Waals surface area contributed by atoms with Gasteiger partial charge >= 0.3 is 12.4 Å². The Labute approximate surface area is 193 Å². The van der Waals surface area contributed by atoms with E-state index in [2.05, 4.69) is 5.16 Å². The van der Waals surface area contributed by atoms with Crippen LogP contribution in [0.2, 0.25) is 10.0 Å². The van der Waals surface area contributed by atoms with Crippen molar-refractivity contribution in [3.05, 3.63) is 63.6 Å². The van der Waals surface area contributed by atoms with Crippen molar-refractivity contribution < 1.29 is 36.0 Å². The number of carbonyl (C=O) groups excluding carboxylic acids is 1. The first-order chi connectivity index (χ1) is 15.2. The number of hydrazine groups is 1. The molecular formula is C20H15Cl2F6N3O2. The smallest absolute Gasteiger partial charge is 0.374 e. The van der Waals surface area contributed by atoms with Crippen molar-refractivity contribution in [1.82, 2.24) is 5.43 Å². The quantitative estimate of drug-likeness (QED) is 0.394. The average Bonchev–Trinajstić information content (AvgIpc) is 3.12. The molecule has 1 aliphatic rings. The van der Waals surface area contributed by atoms with E-state index in [4.69, 9.17) is 28.0 Å². The fourth-order valence-corrected chi connectivity index (χ4v) is 3.74. The van der Waals surface area contributed by atoms with E-state index in [1.54, 1.807) is 0 Å². The number of benzene rings is 2. The molecule has 0 spiro atoms. The zero-order chi connectivity index (χ0) is 24.6. The number of oxime groups is 1. The fraction of sp³-hybridized carbons (Fsp3) is 0.300. The highest BCUT2D eigenvalue weighted by molar-refractivity contribution is 6.34. The molecule has 1 aliphatic heterocycles. The summed E-state index contributed by atoms with van der Waals surface area (Å²) in [5, 5.41) is 4.61. The van der Waals surface area contributed by atoms with Gasteiger partial charge in [-0.2, -0.15) is 26.3 Å². The lowest BCUT2D eigenvalue weighted by atomic mass is 9.86. The third-order valence-corrected chi connectivity index (χ3v) is 5.17. The van der Waals surface area contributed by atoms with Crippen molar-refractivity contribution in [2.24, 2.45) is 5.16 Å². The Morgan fingerprint density at radius 3 is 2.33 bits per heavy atom. The zero-order valence-corrected chi connectivity index (χ0v) is 18.2. The van der Waals surface area contributed by atoms with Crippen LogP contribution in [0.4, 0.5) is 32.0 Å². The maximum Gasteiger partial charge on any atom is 0.435 e. The van der Waals surface area contributed by atoms with E-state index in [1.165, 1.54) is 37.4 Å². The molecule has 1 unspecified atom stereocenters. The molecule has 13 heteroatoms. The van der Waals surface area contributed by atoms with E-state index < -0.39 is 36.7 Å². The number of hydrogen-bond donors (Lipinski definition) is 1. The Hall–Kier alpha value is -2.66. The van der Waals surface area contributed by atoms with Gasteiger partial charge in [-0.15, -0.1) is 0 Å². The van der Waals surface area contributed by atoms with Gasteiger partial charge in [0, 0.05) is 34.6 Å². The zero-order valence-electron chi connectivity index (χ0n) is 16.7. The average molecular weight is 514 g/mol. The molecule has 0 fully saturated rings. The standard InChI is InChI=1S/C20H15Cl2F6N3O2/c1-31(29-17(32)10-19(23,24)25)15-4-2-3-11(5-15)16-9-18(33-30-16,20(26,27)28)12-6-13(21)8-14(22)7-12/h2-8H,9-10H2,1H3,(H,29,32). The van der Waals surface area contributed by atoms with Crippen LogP contribution in [0.25, 0.3) is 0 Å². The summed E-state index contributed by atoms with van der Waals surface area (Å²) in [7, 11) is 1.29. The second kappa shape index (κ2) is 8.94. The summed E-state index contributed by atoms with van der Waals surface area (Å²) in [5.41, 5.74) is -0.773. The number of nitrogens with one attached hydrogen (secondary N) is 1. The lowest BCUT2D eigenvalue weighted by Crippen LogP contribution is -2.42. The molecule has 1 atom stereocenters. The minimum Gasteiger partial charge on any atom is -0.374 e. The molecule has 2 aromatic carbocycles. The van der Waals surface area contributed by atoms with E-state index in [-0.39, 0.29) is 32.6 Å². The lowest BCUT2D eigenvalue weighted by molar-refractivity contribution is -0.275. The van der Waals surface area contributed by atoms with Gasteiger partial charge in [0.15, 0.2) is 0 Å². The van der Waals surface area contributed by atoms with Crippen LogP contribution in [0.1, 0.15) is 24.0 Å². The normalized spacial score (nSPS) is 18.5. The van der Waals surface area contributed by atoms with E-state index in [0.29, 0.717) is 0 Å². The number of alkyl halides is 6. The van der Waals surface area contributed by atoms with Gasteiger partial charge in [0.1, 0.15) is 6.42 Å². The number of carbonyl (C=O) groups is 1. The highest BCUT2D eigenvalue weighted by atomic mass is 35.5. The van der Waals surface area contributed by atoms with Gasteiger partial charge in [0.05, 0.1) is 11.4 Å². The van der Waals surface area contributed by atoms with Crippen LogP contribution in [-0.4, -0.2) is 31.0 Å². The Balaban J connectivity index is 1.86. The molecule has 1 amide bonds. The van der Waals surface area contributed by atoms with Gasteiger partial charge in [-0.05, 0) is 30.3 Å². The molecule has 1 heterocycles. The summed E-state index contributed by atoms with van der Waals surface area (Å²) in [6.45, 7) is 0. The first-order valence-corrected chi connectivity index (χ1v) is 9.94. The van der Waals surface area contributed by atoms with Crippen molar-refractivity contribution in [2.45, 2.75) is 30.8 Å². The number of hydrogen-bond acceptors (Lipinski definition) is 4. The van der Waals surface area contributed by atoms with Crippen molar-refractivity contribution in [3.63, 3.8) is 0 Å². The third-order valence-electron chi connectivity index (χ3n) is 4.73. The molecule has 0 saturated heterocycles. The minimum atomic E-state index is -4.88. The van der Waals surface area contributed by atoms with Crippen molar-refractivity contribution in [2.75, 3.05) is 12.1 Å². The second-order valence-corrected chi connectivity index (χ2v) is 8.10. The molecule has 2 aromatic rings. The van der Waals surface area contributed by atoms with Crippen LogP contribution in [0.15, 0.2) is 47.6 Å². The molecule has 178 valence electrons. The van der Waals surface area contributed by atoms with Gasteiger partial charge in [-0.3, -0.25) is 15.2 Å². The highest BCUT2D eigenvalue weighted by Gasteiger charge is 2.62. The number of anilines is 1. The van der Waals surface area contributed by atoms with Crippen LogP contribution < -0.4 is 10.4 Å². The molecular weight excluding hydrogens is 499 g/mol. The topological polar surface area (TPSA) is 53.9 Å². The van der Waals surface area contributed by atoms with Crippen molar-refractivity contribution in [3.8, 4) is 0 Å². The van der Waals surface area contributed by atoms with E-state index >= 15 is 0 Å². The summed E-state index contributed by atoms with van der Waals surface area (Å²) < 4.78 is 79.4. The van der Waals surface area contributed by atoms with Gasteiger partial charge in [0.25, 0.3) is 5.60 Å². The Kier molecular flexibility index (Phi) is 6.77. The first kappa shape index (κ1) is 25.0. The number of nitrogens with zero attached hydrogens (tertiary/aromatic N) is 2. The summed E-state index contributed by atoms with van der Waals surface area (Å²) in [6, 6.07) is 9.15. The monoisotopic (exact) mass is 513 g/mol. The number of amides is 1. The van der Waals surface area contributed by atoms with Gasteiger partial charge in [-0.1, -0.05) is 40.5 Å². The fourth-order valence-electron chi connectivity index (χ4n) is 3.21. The van der Waals surface area contributed by atoms with Crippen LogP contribution in [0, 0.1) is 0 Å². The van der Waals surface area contributed by atoms with E-state index in [0.717, 1.165) is 17.1 Å². The van der Waals surface area contributed by atoms with Crippen LogP contribution >= 0.6 is 23.2 Å². The molecule has 1 N–H and O–H groups in total. The Morgan fingerprint density at radius 1 is 1.12 bits per heavy atom. The minimum absolute atomic E-state index is 0.0172. The maximum absolute atomic E-state index is 14.1. The Morgan fingerprint density at radius 2 is 1.76 bits per heavy atom. The largest absolute Gasteiger partial charge is 0.435 e. The first-order valence-electron chi connectivity index (χ1n) is 9.19. The molecule has 3 rings (SSSR count). The van der Waals surface area contributed by atoms with Gasteiger partial charge in [-0.25, -0.2) is 0 Å². The summed E-state index contributed by atoms with van der Waals surface area (Å²) >= 11 is 11.8. The van der Waals surface area contributed by atoms with E-state index in [1.807, 2.05) is 5.43 Å². The van der Waals surface area contributed by atoms with E-state index in [9.17, 15) is 31.1 Å². The Bertz CT molecular complexity index is 1070. The molecule has 0 bridgehead atoms. The molecule has 5 nitrogen and oxygen atoms in total. The van der Waals surface area contributed by atoms with Crippen LogP contribution in [0.5, 0.6) is 0 Å². The maximum atomic E-state index is 14.1. The summed E-state index contributed by atoms with van der Waals surface area (Å²) in [6.07, 6.45) is -12.0. The molecule has 33 heavy (non-hydrogen) atoms. The molecule has 0 radical (unpaired) electrons. The third kappa shape index (κ3) is 5.64. The number of halogens is 8. The van der Waals surface area contributed by atoms with Crippen molar-refractivity contribution in [1.29, 1.82) is 0 Å². The molecule has 0 aromatic heterocycles. The van der Waals surface area contributed by atoms with Crippen LogP contribution in [-0.2, 0) is 15.2 Å². The predicted octanol–water partition coefficient (Wildman–Crippen LogP) is 6.00. The number of rotatable bonds is 5. The van der Waals surface area contributed by atoms with Crippen LogP contribution in [0.3, 0.4) is 0 Å².